The van der Waals surface area contributed by atoms with Gasteiger partial charge in [-0.1, -0.05) is 30.7 Å². The molecule has 2 aromatic carbocycles. The number of carbonyl (C=O) groups excluding carboxylic acids is 3. The van der Waals surface area contributed by atoms with Gasteiger partial charge in [0.2, 0.25) is 0 Å². The first-order valence-electron chi connectivity index (χ1n) is 12.2. The molecule has 1 aromatic heterocycles. The number of anilines is 2. The van der Waals surface area contributed by atoms with Crippen LogP contribution in [0.2, 0.25) is 0 Å². The standard InChI is InChI=1S/C27H29N3O6S2/c1-4-36-27(33)29-25(32)23-21-13-10-17(3)14-22(21)37-26(23)28-24(31)18-6-5-7-19(15-18)30-38(34,35)20-11-8-16(2)9-12-20/h5-9,11-12,15,17,30H,4,10,13-14H2,1-3H3,(H,28,31)(H,29,32,33). The molecule has 200 valence electrons. The van der Waals surface area contributed by atoms with Crippen LogP contribution in [-0.4, -0.2) is 32.9 Å². The molecule has 0 bridgehead atoms. The smallest absolute Gasteiger partial charge is 0.414 e. The Hall–Kier alpha value is -3.70. The van der Waals surface area contributed by atoms with E-state index in [4.69, 9.17) is 4.74 Å². The van der Waals surface area contributed by atoms with E-state index in [1.54, 1.807) is 37.3 Å². The molecule has 1 aliphatic carbocycles. The molecule has 11 heteroatoms. The number of fused-ring (bicyclic) bond motifs is 1. The molecular formula is C27H29N3O6S2. The van der Waals surface area contributed by atoms with Crippen molar-refractivity contribution in [2.24, 2.45) is 5.92 Å². The van der Waals surface area contributed by atoms with Crippen LogP contribution in [0.25, 0.3) is 0 Å². The van der Waals surface area contributed by atoms with Crippen molar-refractivity contribution in [1.29, 1.82) is 0 Å². The van der Waals surface area contributed by atoms with Gasteiger partial charge in [0, 0.05) is 16.1 Å². The number of carbonyl (C=O) groups is 3. The second-order valence-corrected chi connectivity index (χ2v) is 12.0. The summed E-state index contributed by atoms with van der Waals surface area (Å²) in [6.07, 6.45) is 1.46. The lowest BCUT2D eigenvalue weighted by atomic mass is 9.88. The summed E-state index contributed by atoms with van der Waals surface area (Å²) in [5.74, 6) is -0.715. The molecule has 0 spiro atoms. The van der Waals surface area contributed by atoms with E-state index in [0.717, 1.165) is 28.8 Å². The van der Waals surface area contributed by atoms with Gasteiger partial charge < -0.3 is 10.1 Å². The molecule has 0 saturated carbocycles. The van der Waals surface area contributed by atoms with Crippen LogP contribution in [0.3, 0.4) is 0 Å². The van der Waals surface area contributed by atoms with E-state index < -0.39 is 27.9 Å². The van der Waals surface area contributed by atoms with Crippen LogP contribution in [0.5, 0.6) is 0 Å². The minimum absolute atomic E-state index is 0.105. The second kappa shape index (κ2) is 11.4. The highest BCUT2D eigenvalue weighted by atomic mass is 32.2. The van der Waals surface area contributed by atoms with E-state index in [-0.39, 0.29) is 28.3 Å². The molecule has 38 heavy (non-hydrogen) atoms. The number of hydrogen-bond acceptors (Lipinski definition) is 7. The molecule has 1 heterocycles. The topological polar surface area (TPSA) is 131 Å². The summed E-state index contributed by atoms with van der Waals surface area (Å²) in [6.45, 7) is 5.75. The minimum atomic E-state index is -3.85. The van der Waals surface area contributed by atoms with Gasteiger partial charge >= 0.3 is 6.09 Å². The number of ether oxygens (including phenoxy) is 1. The van der Waals surface area contributed by atoms with Crippen molar-refractivity contribution in [1.82, 2.24) is 5.32 Å². The first-order valence-corrected chi connectivity index (χ1v) is 14.5. The third-order valence-electron chi connectivity index (χ3n) is 6.17. The summed E-state index contributed by atoms with van der Waals surface area (Å²) in [6, 6.07) is 12.5. The minimum Gasteiger partial charge on any atom is -0.450 e. The van der Waals surface area contributed by atoms with Gasteiger partial charge in [0.15, 0.2) is 0 Å². The van der Waals surface area contributed by atoms with Crippen LogP contribution < -0.4 is 15.4 Å². The molecule has 3 amide bonds. The molecule has 0 fully saturated rings. The van der Waals surface area contributed by atoms with Crippen LogP contribution in [0.1, 0.15) is 57.0 Å². The highest BCUT2D eigenvalue weighted by Gasteiger charge is 2.29. The van der Waals surface area contributed by atoms with Gasteiger partial charge in [-0.3, -0.25) is 19.6 Å². The SMILES string of the molecule is CCOC(=O)NC(=O)c1c(NC(=O)c2cccc(NS(=O)(=O)c3ccc(C)cc3)c2)sc2c1CCC(C)C2. The molecule has 0 radical (unpaired) electrons. The number of amides is 3. The number of benzene rings is 2. The maximum absolute atomic E-state index is 13.2. The normalized spacial score (nSPS) is 14.8. The Labute approximate surface area is 225 Å². The van der Waals surface area contributed by atoms with Crippen LogP contribution in [0.4, 0.5) is 15.5 Å². The van der Waals surface area contributed by atoms with Crippen LogP contribution in [0, 0.1) is 12.8 Å². The summed E-state index contributed by atoms with van der Waals surface area (Å²) < 4.78 is 32.9. The first-order chi connectivity index (χ1) is 18.1. The summed E-state index contributed by atoms with van der Waals surface area (Å²) >= 11 is 1.31. The van der Waals surface area contributed by atoms with E-state index in [1.165, 1.54) is 29.5 Å². The van der Waals surface area contributed by atoms with Crippen molar-refractivity contribution in [3.63, 3.8) is 0 Å². The Bertz CT molecular complexity index is 1480. The third kappa shape index (κ3) is 6.22. The van der Waals surface area contributed by atoms with Crippen molar-refractivity contribution in [3.8, 4) is 0 Å². The zero-order valence-corrected chi connectivity index (χ0v) is 22.9. The van der Waals surface area contributed by atoms with Crippen molar-refractivity contribution in [3.05, 3.63) is 75.7 Å². The fourth-order valence-electron chi connectivity index (χ4n) is 4.23. The number of hydrogen-bond donors (Lipinski definition) is 3. The van der Waals surface area contributed by atoms with E-state index >= 15 is 0 Å². The zero-order chi connectivity index (χ0) is 27.4. The van der Waals surface area contributed by atoms with Crippen molar-refractivity contribution in [2.75, 3.05) is 16.6 Å². The molecule has 0 aliphatic heterocycles. The first kappa shape index (κ1) is 27.3. The predicted octanol–water partition coefficient (Wildman–Crippen LogP) is 5.12. The van der Waals surface area contributed by atoms with Crippen LogP contribution >= 0.6 is 11.3 Å². The van der Waals surface area contributed by atoms with Gasteiger partial charge in [0.1, 0.15) is 5.00 Å². The van der Waals surface area contributed by atoms with Gasteiger partial charge in [-0.05, 0) is 74.9 Å². The van der Waals surface area contributed by atoms with Crippen molar-refractivity contribution >= 4 is 50.0 Å². The van der Waals surface area contributed by atoms with Crippen LogP contribution in [0.15, 0.2) is 53.4 Å². The molecule has 1 atom stereocenters. The fourth-order valence-corrected chi connectivity index (χ4v) is 6.68. The van der Waals surface area contributed by atoms with Gasteiger partial charge in [-0.25, -0.2) is 13.2 Å². The van der Waals surface area contributed by atoms with Gasteiger partial charge in [0.25, 0.3) is 21.8 Å². The van der Waals surface area contributed by atoms with Gasteiger partial charge in [0.05, 0.1) is 17.1 Å². The Morgan fingerprint density at radius 3 is 2.53 bits per heavy atom. The molecule has 4 rings (SSSR count). The average molecular weight is 556 g/mol. The summed E-state index contributed by atoms with van der Waals surface area (Å²) in [5, 5.41) is 5.37. The molecule has 1 aliphatic rings. The zero-order valence-electron chi connectivity index (χ0n) is 21.3. The summed E-state index contributed by atoms with van der Waals surface area (Å²) in [7, 11) is -3.85. The van der Waals surface area contributed by atoms with Crippen molar-refractivity contribution < 1.29 is 27.5 Å². The predicted molar refractivity (Wildman–Crippen MR) is 146 cm³/mol. The highest BCUT2D eigenvalue weighted by Crippen LogP contribution is 2.40. The third-order valence-corrected chi connectivity index (χ3v) is 8.73. The number of sulfonamides is 1. The van der Waals surface area contributed by atoms with E-state index in [1.807, 2.05) is 6.92 Å². The monoisotopic (exact) mass is 555 g/mol. The number of rotatable bonds is 7. The Morgan fingerprint density at radius 1 is 1.08 bits per heavy atom. The molecular weight excluding hydrogens is 526 g/mol. The van der Waals surface area contributed by atoms with Gasteiger partial charge in [-0.15, -0.1) is 11.3 Å². The number of nitrogens with one attached hydrogen (secondary N) is 3. The van der Waals surface area contributed by atoms with Crippen molar-refractivity contribution in [2.45, 2.75) is 44.9 Å². The lowest BCUT2D eigenvalue weighted by Crippen LogP contribution is -2.32. The number of thiophene rings is 1. The summed E-state index contributed by atoms with van der Waals surface area (Å²) in [5.41, 5.74) is 2.44. The second-order valence-electron chi connectivity index (χ2n) is 9.18. The van der Waals surface area contributed by atoms with Crippen LogP contribution in [-0.2, 0) is 27.6 Å². The largest absolute Gasteiger partial charge is 0.450 e. The fraction of sp³-hybridized carbons (Fsp3) is 0.296. The Morgan fingerprint density at radius 2 is 1.82 bits per heavy atom. The van der Waals surface area contributed by atoms with E-state index in [9.17, 15) is 22.8 Å². The quantitative estimate of drug-likeness (QED) is 0.371. The Balaban J connectivity index is 1.58. The number of aryl methyl sites for hydroxylation is 1. The van der Waals surface area contributed by atoms with E-state index in [2.05, 4.69) is 22.3 Å². The molecule has 0 saturated heterocycles. The maximum atomic E-state index is 13.2. The lowest BCUT2D eigenvalue weighted by molar-refractivity contribution is 0.0925. The summed E-state index contributed by atoms with van der Waals surface area (Å²) in [4.78, 5) is 39.2. The number of alkyl carbamates (subject to hydrolysis) is 1. The number of imide groups is 1. The molecule has 1 unspecified atom stereocenters. The van der Waals surface area contributed by atoms with E-state index in [0.29, 0.717) is 17.3 Å². The maximum Gasteiger partial charge on any atom is 0.414 e. The Kier molecular flexibility index (Phi) is 8.17. The average Bonchev–Trinajstić information content (AvgIpc) is 3.21. The lowest BCUT2D eigenvalue weighted by Gasteiger charge is -2.18. The van der Waals surface area contributed by atoms with Gasteiger partial charge in [-0.2, -0.15) is 0 Å². The highest BCUT2D eigenvalue weighted by molar-refractivity contribution is 7.92. The molecule has 9 nitrogen and oxygen atoms in total. The molecule has 3 N–H and O–H groups in total. The molecule has 3 aromatic rings.